The van der Waals surface area contributed by atoms with Gasteiger partial charge in [0.2, 0.25) is 24.0 Å². The van der Waals surface area contributed by atoms with Crippen LogP contribution in [-0.2, 0) is 20.7 Å². The molecule has 2 amide bonds. The molecule has 0 saturated carbocycles. The van der Waals surface area contributed by atoms with Crippen LogP contribution in [0, 0.1) is 6.92 Å². The Hall–Kier alpha value is -3.31. The molecular formula is C32H52N6O9. The predicted molar refractivity (Wildman–Crippen MR) is 173 cm³/mol. The monoisotopic (exact) mass is 664 g/mol. The summed E-state index contributed by atoms with van der Waals surface area (Å²) in [6.45, 7) is 7.54. The number of nitrogens with zero attached hydrogens (tertiary/aromatic N) is 1. The molecule has 15 heteroatoms. The van der Waals surface area contributed by atoms with E-state index in [0.29, 0.717) is 44.8 Å². The van der Waals surface area contributed by atoms with Gasteiger partial charge >= 0.3 is 0 Å². The van der Waals surface area contributed by atoms with Crippen molar-refractivity contribution in [3.8, 4) is 11.6 Å². The van der Waals surface area contributed by atoms with Crippen LogP contribution >= 0.6 is 0 Å². The number of ether oxygens (including phenoxy) is 3. The fraction of sp³-hybridized carbons (Fsp3) is 0.656. The number of rotatable bonds is 20. The molecule has 6 atom stereocenters. The largest absolute Gasteiger partial charge is 0.494 e. The number of carbonyl (C=O) groups excluding carboxylic acids is 2. The van der Waals surface area contributed by atoms with E-state index in [-0.39, 0.29) is 24.1 Å². The lowest BCUT2D eigenvalue weighted by molar-refractivity contribution is -0.278. The van der Waals surface area contributed by atoms with Crippen LogP contribution in [0.25, 0.3) is 0 Å². The highest BCUT2D eigenvalue weighted by molar-refractivity contribution is 5.86. The number of carbonyl (C=O) groups is 2. The van der Waals surface area contributed by atoms with Gasteiger partial charge in [0.25, 0.3) is 0 Å². The molecule has 2 heterocycles. The lowest BCUT2D eigenvalue weighted by atomic mass is 9.96. The molecule has 11 N–H and O–H groups in total. The Kier molecular flexibility index (Phi) is 15.3. The fourth-order valence-electron chi connectivity index (χ4n) is 5.29. The van der Waals surface area contributed by atoms with Crippen LogP contribution in [0.3, 0.4) is 0 Å². The second kappa shape index (κ2) is 18.9. The number of aromatic nitrogens is 2. The number of unbranched alkanes of at least 4 members (excludes halogenated alkanes) is 1. The van der Waals surface area contributed by atoms with Gasteiger partial charge < -0.3 is 56.7 Å². The summed E-state index contributed by atoms with van der Waals surface area (Å²) in [7, 11) is 0. The lowest BCUT2D eigenvalue weighted by Crippen LogP contribution is -2.60. The Labute approximate surface area is 275 Å². The van der Waals surface area contributed by atoms with Crippen molar-refractivity contribution in [3.05, 3.63) is 40.6 Å². The molecule has 47 heavy (non-hydrogen) atoms. The van der Waals surface area contributed by atoms with Crippen molar-refractivity contribution in [2.45, 2.75) is 102 Å². The van der Waals surface area contributed by atoms with Crippen molar-refractivity contribution in [2.75, 3.05) is 32.8 Å². The molecule has 1 saturated heterocycles. The van der Waals surface area contributed by atoms with Crippen molar-refractivity contribution in [1.82, 2.24) is 20.8 Å². The van der Waals surface area contributed by atoms with Gasteiger partial charge in [0, 0.05) is 30.6 Å². The Morgan fingerprint density at radius 3 is 2.53 bits per heavy atom. The zero-order chi connectivity index (χ0) is 34.5. The molecule has 1 aromatic heterocycles. The molecule has 1 aliphatic heterocycles. The summed E-state index contributed by atoms with van der Waals surface area (Å²) in [5.41, 5.74) is 14.4. The molecule has 264 valence electrons. The minimum atomic E-state index is -1.56. The van der Waals surface area contributed by atoms with E-state index in [2.05, 4.69) is 20.8 Å². The molecule has 2 aromatic rings. The number of aliphatic hydroxyl groups is 4. The maximum atomic E-state index is 12.2. The van der Waals surface area contributed by atoms with Crippen molar-refractivity contribution < 1.29 is 44.2 Å². The maximum absolute atomic E-state index is 12.2. The third-order valence-electron chi connectivity index (χ3n) is 8.12. The third-order valence-corrected chi connectivity index (χ3v) is 8.12. The zero-order valence-corrected chi connectivity index (χ0v) is 27.5. The van der Waals surface area contributed by atoms with Crippen LogP contribution < -0.4 is 31.6 Å². The van der Waals surface area contributed by atoms with Gasteiger partial charge in [0.15, 0.2) is 0 Å². The minimum absolute atomic E-state index is 0.0779. The number of H-pyrrole nitrogens is 1. The average Bonchev–Trinajstić information content (AvgIpc) is 3.43. The van der Waals surface area contributed by atoms with Gasteiger partial charge in [-0.2, -0.15) is 0 Å². The number of aryl methyl sites for hydroxylation is 1. The number of amides is 2. The van der Waals surface area contributed by atoms with E-state index < -0.39 is 49.3 Å². The van der Waals surface area contributed by atoms with Crippen LogP contribution in [0.5, 0.6) is 11.6 Å². The van der Waals surface area contributed by atoms with Crippen LogP contribution in [0.1, 0.15) is 74.3 Å². The second-order valence-electron chi connectivity index (χ2n) is 12.2. The molecule has 1 fully saturated rings. The minimum Gasteiger partial charge on any atom is -0.494 e. The van der Waals surface area contributed by atoms with E-state index in [1.54, 1.807) is 0 Å². The maximum Gasteiger partial charge on any atom is 0.239 e. The van der Waals surface area contributed by atoms with Crippen LogP contribution in [0.4, 0.5) is 0 Å². The number of nitrogens with two attached hydrogens (primary N) is 2. The molecule has 1 aromatic carbocycles. The SMILES string of the molecule is Cc1cc(OCCCNCCC(=O)N[C@@H](CCCCN)C(N)=O)ccc1Cc1c(O[C@@H]2O[C@H](CO)[C@@H](O)[C@H](O)[C@H]2O)n[nH]c1C(C)C. The first-order valence-electron chi connectivity index (χ1n) is 16.2. The van der Waals surface area contributed by atoms with Crippen LogP contribution in [0.2, 0.25) is 0 Å². The summed E-state index contributed by atoms with van der Waals surface area (Å²) in [5.74, 6) is 0.208. The van der Waals surface area contributed by atoms with E-state index in [1.807, 2.05) is 39.0 Å². The second-order valence-corrected chi connectivity index (χ2v) is 12.2. The number of benzene rings is 1. The molecule has 3 rings (SSSR count). The highest BCUT2D eigenvalue weighted by atomic mass is 16.7. The van der Waals surface area contributed by atoms with Gasteiger partial charge in [-0.15, -0.1) is 5.10 Å². The smallest absolute Gasteiger partial charge is 0.239 e. The zero-order valence-electron chi connectivity index (χ0n) is 27.5. The van der Waals surface area contributed by atoms with Gasteiger partial charge in [0.05, 0.1) is 13.2 Å². The molecular weight excluding hydrogens is 612 g/mol. The quantitative estimate of drug-likeness (QED) is 0.0810. The number of hydrogen-bond acceptors (Lipinski definition) is 12. The van der Waals surface area contributed by atoms with Crippen molar-refractivity contribution >= 4 is 11.8 Å². The molecule has 0 radical (unpaired) electrons. The van der Waals surface area contributed by atoms with Gasteiger partial charge in [-0.3, -0.25) is 14.7 Å². The first-order valence-corrected chi connectivity index (χ1v) is 16.2. The predicted octanol–water partition coefficient (Wildman–Crippen LogP) is -0.541. The summed E-state index contributed by atoms with van der Waals surface area (Å²) in [6, 6.07) is 5.12. The van der Waals surface area contributed by atoms with Crippen LogP contribution in [-0.4, -0.2) is 112 Å². The number of nitrogens with one attached hydrogen (secondary N) is 3. The van der Waals surface area contributed by atoms with E-state index in [0.717, 1.165) is 41.6 Å². The summed E-state index contributed by atoms with van der Waals surface area (Å²) < 4.78 is 17.4. The first kappa shape index (κ1) is 38.1. The van der Waals surface area contributed by atoms with Gasteiger partial charge in [-0.05, 0) is 74.9 Å². The summed E-state index contributed by atoms with van der Waals surface area (Å²) in [4.78, 5) is 23.8. The third kappa shape index (κ3) is 11.1. The number of primary amides is 1. The van der Waals surface area contributed by atoms with Crippen molar-refractivity contribution in [2.24, 2.45) is 11.5 Å². The molecule has 15 nitrogen and oxygen atoms in total. The van der Waals surface area contributed by atoms with E-state index >= 15 is 0 Å². The molecule has 1 aliphatic rings. The summed E-state index contributed by atoms with van der Waals surface area (Å²) in [6.07, 6.45) is -3.67. The Balaban J connectivity index is 1.48. The average molecular weight is 665 g/mol. The molecule has 0 unspecified atom stereocenters. The Morgan fingerprint density at radius 2 is 1.87 bits per heavy atom. The fourth-order valence-corrected chi connectivity index (χ4v) is 5.29. The number of aliphatic hydroxyl groups excluding tert-OH is 4. The topological polar surface area (TPSA) is 248 Å². The molecule has 0 bridgehead atoms. The first-order chi connectivity index (χ1) is 22.5. The summed E-state index contributed by atoms with van der Waals surface area (Å²) >= 11 is 0. The van der Waals surface area contributed by atoms with Crippen LogP contribution in [0.15, 0.2) is 18.2 Å². The van der Waals surface area contributed by atoms with Gasteiger partial charge in [-0.25, -0.2) is 0 Å². The lowest BCUT2D eigenvalue weighted by Gasteiger charge is -2.39. The van der Waals surface area contributed by atoms with Gasteiger partial charge in [-0.1, -0.05) is 19.9 Å². The Morgan fingerprint density at radius 1 is 1.11 bits per heavy atom. The Bertz CT molecular complexity index is 1270. The van der Waals surface area contributed by atoms with E-state index in [9.17, 15) is 30.0 Å². The van der Waals surface area contributed by atoms with Crippen molar-refractivity contribution in [3.63, 3.8) is 0 Å². The van der Waals surface area contributed by atoms with Gasteiger partial charge in [0.1, 0.15) is 36.2 Å². The standard InChI is InChI=1S/C32H52N6O9/c1-18(2)26-22(31(38-37-26)47-32-29(43)28(42)27(41)24(17-39)46-32)16-20-8-9-21(15-19(20)3)45-14-6-12-35-13-10-25(40)36-23(30(34)44)7-4-5-11-33/h8-9,15,18,23-24,27-29,32,35,39,41-43H,4-7,10-14,16-17,33H2,1-3H3,(H2,34,44)(H,36,40)(H,37,38)/t23-,24+,27+,28-,29+,32-/m0/s1. The number of hydrogen-bond donors (Lipinski definition) is 9. The normalized spacial score (nSPS) is 21.9. The molecule has 0 spiro atoms. The van der Waals surface area contributed by atoms with E-state index in [1.165, 1.54) is 0 Å². The highest BCUT2D eigenvalue weighted by Gasteiger charge is 2.45. The number of aromatic amines is 1. The highest BCUT2D eigenvalue weighted by Crippen LogP contribution is 2.32. The van der Waals surface area contributed by atoms with E-state index in [4.69, 9.17) is 25.7 Å². The molecule has 0 aliphatic carbocycles. The summed E-state index contributed by atoms with van der Waals surface area (Å²) in [5, 5.41) is 53.4. The van der Waals surface area contributed by atoms with Crippen molar-refractivity contribution in [1.29, 1.82) is 0 Å².